The van der Waals surface area contributed by atoms with Gasteiger partial charge in [-0.3, -0.25) is 0 Å². The van der Waals surface area contributed by atoms with E-state index in [2.05, 4.69) is 41.5 Å². The van der Waals surface area contributed by atoms with E-state index in [4.69, 9.17) is 0 Å². The van der Waals surface area contributed by atoms with Gasteiger partial charge in [0.25, 0.3) is 0 Å². The average molecular weight is 403 g/mol. The van der Waals surface area contributed by atoms with E-state index in [9.17, 15) is 5.11 Å². The molecule has 4 saturated carbocycles. The van der Waals surface area contributed by atoms with Gasteiger partial charge in [-0.1, -0.05) is 66.7 Å². The Balaban J connectivity index is 1.55. The number of hydrogen-bond donors (Lipinski definition) is 1. The molecule has 0 radical (unpaired) electrons. The lowest BCUT2D eigenvalue weighted by molar-refractivity contribution is -0.118. The van der Waals surface area contributed by atoms with Crippen molar-refractivity contribution in [1.82, 2.24) is 0 Å². The van der Waals surface area contributed by atoms with Gasteiger partial charge in [-0.2, -0.15) is 0 Å². The molecule has 1 heteroatoms. The molecule has 4 aliphatic carbocycles. The Morgan fingerprint density at radius 2 is 1.59 bits per heavy atom. The molecule has 1 nitrogen and oxygen atoms in total. The van der Waals surface area contributed by atoms with Crippen LogP contribution in [0.5, 0.6) is 0 Å². The minimum absolute atomic E-state index is 0.361. The first-order valence-electron chi connectivity index (χ1n) is 13.3. The fraction of sp³-hybridized carbons (Fsp3) is 1.00. The summed E-state index contributed by atoms with van der Waals surface area (Å²) in [7, 11) is 0. The molecule has 0 aromatic heterocycles. The molecule has 1 N–H and O–H groups in total. The lowest BCUT2D eigenvalue weighted by Gasteiger charge is -2.60. The zero-order chi connectivity index (χ0) is 21.0. The van der Waals surface area contributed by atoms with E-state index in [-0.39, 0.29) is 0 Å². The summed E-state index contributed by atoms with van der Waals surface area (Å²) in [4.78, 5) is 0. The quantitative estimate of drug-likeness (QED) is 0.496. The summed E-state index contributed by atoms with van der Waals surface area (Å²) in [6, 6.07) is 0. The molecular weight excluding hydrogens is 352 g/mol. The molecule has 9 atom stereocenters. The van der Waals surface area contributed by atoms with Crippen molar-refractivity contribution in [2.75, 3.05) is 0 Å². The predicted octanol–water partition coefficient (Wildman–Crippen LogP) is 7.86. The molecule has 29 heavy (non-hydrogen) atoms. The fourth-order valence-corrected chi connectivity index (χ4v) is 9.97. The summed E-state index contributed by atoms with van der Waals surface area (Å²) in [6.07, 6.45) is 16.7. The van der Waals surface area contributed by atoms with Crippen molar-refractivity contribution in [2.24, 2.45) is 52.3 Å². The normalized spacial score (nSPS) is 50.7. The number of rotatable bonds is 5. The van der Waals surface area contributed by atoms with Gasteiger partial charge in [-0.25, -0.2) is 0 Å². The van der Waals surface area contributed by atoms with Crippen LogP contribution < -0.4 is 0 Å². The largest absolute Gasteiger partial charge is 0.390 e. The Morgan fingerprint density at radius 1 is 0.828 bits per heavy atom. The first-order chi connectivity index (χ1) is 13.6. The molecule has 0 bridgehead atoms. The molecule has 0 heterocycles. The van der Waals surface area contributed by atoms with Crippen LogP contribution >= 0.6 is 0 Å². The van der Waals surface area contributed by atoms with Gasteiger partial charge in [-0.05, 0) is 104 Å². The second kappa shape index (κ2) is 7.83. The topological polar surface area (TPSA) is 20.2 Å². The number of fused-ring (bicyclic) bond motifs is 5. The first-order valence-corrected chi connectivity index (χ1v) is 13.3. The van der Waals surface area contributed by atoms with Crippen molar-refractivity contribution < 1.29 is 5.11 Å². The number of aliphatic hydroxyl groups is 1. The van der Waals surface area contributed by atoms with Crippen molar-refractivity contribution in [1.29, 1.82) is 0 Å². The highest BCUT2D eigenvalue weighted by molar-refractivity contribution is 5.14. The molecular formula is C28H50O. The van der Waals surface area contributed by atoms with Crippen LogP contribution in [-0.2, 0) is 0 Å². The highest BCUT2D eigenvalue weighted by atomic mass is 16.3. The van der Waals surface area contributed by atoms with Crippen LogP contribution in [0.4, 0.5) is 0 Å². The van der Waals surface area contributed by atoms with Crippen LogP contribution in [0.1, 0.15) is 119 Å². The minimum atomic E-state index is -0.462. The standard InChI is InChI=1S/C28H50O/c1-19(2)10-9-11-20(3)25-27(5)17-15-23-22(24(27)18-28(25,6)29)14-13-21-12-7-8-16-26(21,23)4/h19-25,29H,7-18H2,1-6H3/t20-,21?,22-,23+,24+,25-,26+,27+,28?/m1/s1. The maximum absolute atomic E-state index is 11.7. The Hall–Kier alpha value is -0.0400. The van der Waals surface area contributed by atoms with Crippen LogP contribution in [-0.4, -0.2) is 10.7 Å². The van der Waals surface area contributed by atoms with Gasteiger partial charge < -0.3 is 5.11 Å². The van der Waals surface area contributed by atoms with E-state index in [1.54, 1.807) is 0 Å². The zero-order valence-corrected chi connectivity index (χ0v) is 20.5. The van der Waals surface area contributed by atoms with Gasteiger partial charge in [0.1, 0.15) is 0 Å². The van der Waals surface area contributed by atoms with Gasteiger partial charge in [0.05, 0.1) is 5.60 Å². The molecule has 0 aromatic carbocycles. The highest BCUT2D eigenvalue weighted by Gasteiger charge is 2.65. The predicted molar refractivity (Wildman–Crippen MR) is 124 cm³/mol. The molecule has 4 rings (SSSR count). The third-order valence-electron chi connectivity index (χ3n) is 11.0. The van der Waals surface area contributed by atoms with Gasteiger partial charge in [0, 0.05) is 0 Å². The van der Waals surface area contributed by atoms with E-state index in [0.717, 1.165) is 36.0 Å². The smallest absolute Gasteiger partial charge is 0.0658 e. The van der Waals surface area contributed by atoms with Crippen molar-refractivity contribution in [2.45, 2.75) is 124 Å². The average Bonchev–Trinajstić information content (AvgIpc) is 2.85. The number of hydrogen-bond acceptors (Lipinski definition) is 1. The van der Waals surface area contributed by atoms with Gasteiger partial charge >= 0.3 is 0 Å². The Labute approximate surface area is 181 Å². The van der Waals surface area contributed by atoms with E-state index in [1.807, 2.05) is 0 Å². The second-order valence-corrected chi connectivity index (χ2v) is 13.3. The molecule has 168 valence electrons. The molecule has 0 amide bonds. The van der Waals surface area contributed by atoms with Crippen LogP contribution in [0.15, 0.2) is 0 Å². The Kier molecular flexibility index (Phi) is 5.98. The van der Waals surface area contributed by atoms with Crippen LogP contribution in [0.2, 0.25) is 0 Å². The van der Waals surface area contributed by atoms with Crippen molar-refractivity contribution in [3.63, 3.8) is 0 Å². The van der Waals surface area contributed by atoms with Crippen molar-refractivity contribution in [3.8, 4) is 0 Å². The van der Waals surface area contributed by atoms with Crippen molar-refractivity contribution >= 4 is 0 Å². The maximum Gasteiger partial charge on any atom is 0.0658 e. The summed E-state index contributed by atoms with van der Waals surface area (Å²) in [5.74, 6) is 5.51. The molecule has 0 saturated heterocycles. The van der Waals surface area contributed by atoms with Gasteiger partial charge in [0.15, 0.2) is 0 Å². The van der Waals surface area contributed by atoms with Gasteiger partial charge in [-0.15, -0.1) is 0 Å². The summed E-state index contributed by atoms with van der Waals surface area (Å²) < 4.78 is 0. The fourth-order valence-electron chi connectivity index (χ4n) is 9.97. The molecule has 0 spiro atoms. The molecule has 4 fully saturated rings. The zero-order valence-electron chi connectivity index (χ0n) is 20.5. The van der Waals surface area contributed by atoms with Crippen LogP contribution in [0, 0.1) is 52.3 Å². The third-order valence-corrected chi connectivity index (χ3v) is 11.0. The van der Waals surface area contributed by atoms with Crippen LogP contribution in [0.3, 0.4) is 0 Å². The van der Waals surface area contributed by atoms with E-state index in [1.165, 1.54) is 70.6 Å². The summed E-state index contributed by atoms with van der Waals surface area (Å²) in [5, 5.41) is 11.7. The molecule has 0 aliphatic heterocycles. The SMILES string of the molecule is CC(C)CCC[C@@H](C)[C@H]1C(C)(O)C[C@H]2[C@@H]3CCC4CCCC[C@]4(C)[C@H]3CC[C@@]21C. The third kappa shape index (κ3) is 3.64. The lowest BCUT2D eigenvalue weighted by atomic mass is 9.44. The molecule has 2 unspecified atom stereocenters. The van der Waals surface area contributed by atoms with Crippen LogP contribution in [0.25, 0.3) is 0 Å². The Bertz CT molecular complexity index is 579. The second-order valence-electron chi connectivity index (χ2n) is 13.3. The van der Waals surface area contributed by atoms with E-state index >= 15 is 0 Å². The van der Waals surface area contributed by atoms with E-state index in [0.29, 0.717) is 22.7 Å². The first kappa shape index (κ1) is 22.2. The lowest BCUT2D eigenvalue weighted by Crippen LogP contribution is -2.53. The van der Waals surface area contributed by atoms with E-state index < -0.39 is 5.60 Å². The monoisotopic (exact) mass is 402 g/mol. The minimum Gasteiger partial charge on any atom is -0.390 e. The maximum atomic E-state index is 11.7. The molecule has 4 aliphatic rings. The van der Waals surface area contributed by atoms with Gasteiger partial charge in [0.2, 0.25) is 0 Å². The van der Waals surface area contributed by atoms with Crippen molar-refractivity contribution in [3.05, 3.63) is 0 Å². The molecule has 0 aromatic rings. The summed E-state index contributed by atoms with van der Waals surface area (Å²) in [6.45, 7) is 14.7. The highest BCUT2D eigenvalue weighted by Crippen LogP contribution is 2.70. The Morgan fingerprint density at radius 3 is 2.31 bits per heavy atom. The summed E-state index contributed by atoms with van der Waals surface area (Å²) >= 11 is 0. The summed E-state index contributed by atoms with van der Waals surface area (Å²) in [5.41, 5.74) is 0.505.